The lowest BCUT2D eigenvalue weighted by Gasteiger charge is -2.34. The molecular weight excluding hydrogens is 618 g/mol. The van der Waals surface area contributed by atoms with Crippen LogP contribution in [0.5, 0.6) is 5.75 Å². The fraction of sp³-hybridized carbons (Fsp3) is 0.419. The lowest BCUT2D eigenvalue weighted by Crippen LogP contribution is -2.49. The molecule has 0 saturated carbocycles. The Kier molecular flexibility index (Phi) is 9.99. The number of hydrogen-bond acceptors (Lipinski definition) is 8. The molecule has 0 bridgehead atoms. The number of piperazine rings is 1. The third-order valence-corrected chi connectivity index (χ3v) is 7.74. The van der Waals surface area contributed by atoms with Crippen LogP contribution in [0.25, 0.3) is 0 Å². The summed E-state index contributed by atoms with van der Waals surface area (Å²) in [6, 6.07) is 12.2. The van der Waals surface area contributed by atoms with E-state index in [4.69, 9.17) is 9.47 Å². The zero-order chi connectivity index (χ0) is 32.9. The van der Waals surface area contributed by atoms with Gasteiger partial charge < -0.3 is 19.3 Å². The predicted molar refractivity (Wildman–Crippen MR) is 156 cm³/mol. The summed E-state index contributed by atoms with van der Waals surface area (Å²) in [6.45, 7) is 1.67. The highest BCUT2D eigenvalue weighted by atomic mass is 19.4. The van der Waals surface area contributed by atoms with Crippen LogP contribution >= 0.6 is 0 Å². The summed E-state index contributed by atoms with van der Waals surface area (Å²) >= 11 is 0. The van der Waals surface area contributed by atoms with Gasteiger partial charge in [-0.3, -0.25) is 9.80 Å². The standard InChI is InChI=1S/C31H32F6N6O3/c1-45-24-9-7-21(8-10-24)19-43-20-22-4-2-5-25(26(22)18-40-43)28(31(35,36)37)46-15-3-6-27(44)41-11-13-42(14-12-41)29-38-16-23(17-39-29)30(32,33)34/h2,4-5,7-10,16-18,28H,3,6,11-15,19-20H2,1H3. The molecule has 9 nitrogen and oxygen atoms in total. The quantitative estimate of drug-likeness (QED) is 0.209. The molecule has 1 fully saturated rings. The molecule has 3 heterocycles. The zero-order valence-electron chi connectivity index (χ0n) is 24.9. The maximum atomic E-state index is 14.2. The number of fused-ring (bicyclic) bond motifs is 1. The van der Waals surface area contributed by atoms with Crippen molar-refractivity contribution < 1.29 is 40.6 Å². The number of alkyl halides is 6. The summed E-state index contributed by atoms with van der Waals surface area (Å²) in [5.74, 6) is 0.600. The largest absolute Gasteiger partial charge is 0.497 e. The second-order valence-corrected chi connectivity index (χ2v) is 10.9. The number of hydrazone groups is 1. The number of rotatable bonds is 10. The molecule has 2 aromatic carbocycles. The van der Waals surface area contributed by atoms with Gasteiger partial charge in [-0.25, -0.2) is 9.97 Å². The average Bonchev–Trinajstić information content (AvgIpc) is 3.04. The summed E-state index contributed by atoms with van der Waals surface area (Å²) in [5, 5.41) is 6.15. The molecule has 5 rings (SSSR count). The van der Waals surface area contributed by atoms with E-state index in [0.29, 0.717) is 49.7 Å². The fourth-order valence-electron chi connectivity index (χ4n) is 5.30. The molecule has 1 aromatic heterocycles. The Bertz CT molecular complexity index is 1510. The van der Waals surface area contributed by atoms with Crippen LogP contribution in [0.1, 0.15) is 46.8 Å². The summed E-state index contributed by atoms with van der Waals surface area (Å²) in [7, 11) is 1.58. The van der Waals surface area contributed by atoms with Gasteiger partial charge in [0.25, 0.3) is 0 Å². The number of amides is 1. The van der Waals surface area contributed by atoms with E-state index in [1.807, 2.05) is 24.3 Å². The Labute approximate surface area is 261 Å². The van der Waals surface area contributed by atoms with Crippen LogP contribution in [-0.4, -0.2) is 78.1 Å². The molecule has 0 N–H and O–H groups in total. The molecule has 246 valence electrons. The van der Waals surface area contributed by atoms with E-state index >= 15 is 0 Å². The van der Waals surface area contributed by atoms with E-state index < -0.39 is 24.0 Å². The molecule has 46 heavy (non-hydrogen) atoms. The summed E-state index contributed by atoms with van der Waals surface area (Å²) in [4.78, 5) is 23.5. The third-order valence-electron chi connectivity index (χ3n) is 7.74. The lowest BCUT2D eigenvalue weighted by atomic mass is 9.96. The molecule has 1 unspecified atom stereocenters. The second kappa shape index (κ2) is 13.9. The van der Waals surface area contributed by atoms with E-state index in [-0.39, 0.29) is 50.0 Å². The van der Waals surface area contributed by atoms with Crippen molar-refractivity contribution in [2.24, 2.45) is 5.10 Å². The van der Waals surface area contributed by atoms with Gasteiger partial charge in [0.2, 0.25) is 11.9 Å². The lowest BCUT2D eigenvalue weighted by molar-refractivity contribution is -0.224. The molecule has 15 heteroatoms. The number of carbonyl (C=O) groups excluding carboxylic acids is 1. The molecule has 0 spiro atoms. The molecule has 3 aromatic rings. The Morgan fingerprint density at radius 3 is 2.28 bits per heavy atom. The number of anilines is 1. The first-order valence-electron chi connectivity index (χ1n) is 14.6. The number of methoxy groups -OCH3 is 1. The normalized spacial score (nSPS) is 15.9. The van der Waals surface area contributed by atoms with Crippen LogP contribution in [-0.2, 0) is 28.8 Å². The van der Waals surface area contributed by atoms with Crippen LogP contribution < -0.4 is 9.64 Å². The molecule has 1 amide bonds. The van der Waals surface area contributed by atoms with Gasteiger partial charge in [0.05, 0.1) is 32.0 Å². The van der Waals surface area contributed by atoms with Crippen LogP contribution in [0, 0.1) is 0 Å². The van der Waals surface area contributed by atoms with Gasteiger partial charge in [0.15, 0.2) is 6.10 Å². The summed E-state index contributed by atoms with van der Waals surface area (Å²) in [6.07, 6.45) is -8.51. The Balaban J connectivity index is 1.12. The van der Waals surface area contributed by atoms with Crippen molar-refractivity contribution in [3.8, 4) is 5.75 Å². The van der Waals surface area contributed by atoms with Gasteiger partial charge in [0, 0.05) is 57.2 Å². The van der Waals surface area contributed by atoms with Crippen molar-refractivity contribution in [2.75, 3.05) is 44.8 Å². The molecular formula is C31H32F6N6O3. The van der Waals surface area contributed by atoms with Gasteiger partial charge in [-0.1, -0.05) is 30.3 Å². The van der Waals surface area contributed by atoms with Crippen LogP contribution in [0.2, 0.25) is 0 Å². The van der Waals surface area contributed by atoms with Crippen LogP contribution in [0.4, 0.5) is 32.3 Å². The van der Waals surface area contributed by atoms with Crippen molar-refractivity contribution in [3.63, 3.8) is 0 Å². The predicted octanol–water partition coefficient (Wildman–Crippen LogP) is 5.60. The topological polar surface area (TPSA) is 83.4 Å². The maximum absolute atomic E-state index is 14.2. The van der Waals surface area contributed by atoms with Gasteiger partial charge in [-0.15, -0.1) is 0 Å². The van der Waals surface area contributed by atoms with Gasteiger partial charge in [-0.2, -0.15) is 31.4 Å². The number of halogens is 6. The van der Waals surface area contributed by atoms with Gasteiger partial charge in [-0.05, 0) is 35.2 Å². The van der Waals surface area contributed by atoms with Crippen molar-refractivity contribution in [1.29, 1.82) is 0 Å². The minimum Gasteiger partial charge on any atom is -0.497 e. The van der Waals surface area contributed by atoms with Crippen LogP contribution in [0.3, 0.4) is 0 Å². The number of hydrogen-bond donors (Lipinski definition) is 0. The fourth-order valence-corrected chi connectivity index (χ4v) is 5.30. The van der Waals surface area contributed by atoms with Crippen LogP contribution in [0.15, 0.2) is 60.0 Å². The SMILES string of the molecule is COc1ccc(CN2Cc3cccc(C(OCCCC(=O)N4CCN(c5ncc(C(F)(F)F)cn5)CC4)C(F)(F)F)c3C=N2)cc1. The molecule has 1 atom stereocenters. The molecule has 1 saturated heterocycles. The maximum Gasteiger partial charge on any atom is 0.419 e. The summed E-state index contributed by atoms with van der Waals surface area (Å²) in [5.41, 5.74) is 1.04. The number of benzene rings is 2. The monoisotopic (exact) mass is 650 g/mol. The first kappa shape index (κ1) is 33.0. The van der Waals surface area contributed by atoms with Crippen molar-refractivity contribution in [1.82, 2.24) is 19.9 Å². The smallest absolute Gasteiger partial charge is 0.419 e. The third kappa shape index (κ3) is 8.05. The summed E-state index contributed by atoms with van der Waals surface area (Å²) < 4.78 is 91.4. The van der Waals surface area contributed by atoms with E-state index in [1.165, 1.54) is 12.3 Å². The molecule has 2 aliphatic heterocycles. The Hall–Kier alpha value is -4.40. The number of carbonyl (C=O) groups is 1. The van der Waals surface area contributed by atoms with Crippen molar-refractivity contribution in [3.05, 3.63) is 82.7 Å². The first-order chi connectivity index (χ1) is 21.9. The van der Waals surface area contributed by atoms with E-state index in [1.54, 1.807) is 34.1 Å². The van der Waals surface area contributed by atoms with E-state index in [2.05, 4.69) is 15.1 Å². The highest BCUT2D eigenvalue weighted by molar-refractivity contribution is 5.85. The van der Waals surface area contributed by atoms with Crippen molar-refractivity contribution >= 4 is 18.1 Å². The second-order valence-electron chi connectivity index (χ2n) is 10.9. The number of ether oxygens (including phenoxy) is 2. The molecule has 0 radical (unpaired) electrons. The van der Waals surface area contributed by atoms with Gasteiger partial charge in [0.1, 0.15) is 5.75 Å². The minimum absolute atomic E-state index is 0.0178. The Morgan fingerprint density at radius 1 is 0.957 bits per heavy atom. The van der Waals surface area contributed by atoms with E-state index in [9.17, 15) is 31.1 Å². The molecule has 0 aliphatic carbocycles. The van der Waals surface area contributed by atoms with Gasteiger partial charge >= 0.3 is 12.4 Å². The first-order valence-corrected chi connectivity index (χ1v) is 14.6. The highest BCUT2D eigenvalue weighted by Crippen LogP contribution is 2.39. The highest BCUT2D eigenvalue weighted by Gasteiger charge is 2.43. The van der Waals surface area contributed by atoms with E-state index in [0.717, 1.165) is 11.3 Å². The minimum atomic E-state index is -4.69. The molecule has 2 aliphatic rings. The zero-order valence-corrected chi connectivity index (χ0v) is 24.9. The van der Waals surface area contributed by atoms with Crippen molar-refractivity contribution in [2.45, 2.75) is 44.4 Å². The number of aromatic nitrogens is 2. The average molecular weight is 651 g/mol. The Morgan fingerprint density at radius 2 is 1.65 bits per heavy atom. The number of nitrogens with zero attached hydrogens (tertiary/aromatic N) is 6.